The normalized spacial score (nSPS) is 14.1. The van der Waals surface area contributed by atoms with Crippen LogP contribution in [0, 0.1) is 0 Å². The van der Waals surface area contributed by atoms with E-state index < -0.39 is 0 Å². The third-order valence-electron chi connectivity index (χ3n) is 2.95. The number of benzene rings is 1. The van der Waals surface area contributed by atoms with E-state index in [2.05, 4.69) is 32.3 Å². The highest BCUT2D eigenvalue weighted by Gasteiger charge is 2.15. The van der Waals surface area contributed by atoms with E-state index >= 15 is 0 Å². The molecule has 6 heteroatoms. The molecule has 2 heterocycles. The van der Waals surface area contributed by atoms with E-state index in [4.69, 9.17) is 9.47 Å². The molecule has 20 heavy (non-hydrogen) atoms. The SMILES string of the molecule is Brc1cc(CNCc2nccs2)cc2c1OCCCO2. The van der Waals surface area contributed by atoms with Crippen LogP contribution in [-0.2, 0) is 13.1 Å². The Morgan fingerprint density at radius 2 is 2.15 bits per heavy atom. The molecule has 0 bridgehead atoms. The van der Waals surface area contributed by atoms with Crippen LogP contribution >= 0.6 is 27.3 Å². The van der Waals surface area contributed by atoms with Crippen LogP contribution in [0.2, 0.25) is 0 Å². The summed E-state index contributed by atoms with van der Waals surface area (Å²) in [6, 6.07) is 4.11. The second-order valence-electron chi connectivity index (χ2n) is 4.48. The van der Waals surface area contributed by atoms with Crippen molar-refractivity contribution < 1.29 is 9.47 Å². The molecule has 0 aliphatic carbocycles. The lowest BCUT2D eigenvalue weighted by atomic mass is 10.2. The number of fused-ring (bicyclic) bond motifs is 1. The predicted octanol–water partition coefficient (Wildman–Crippen LogP) is 3.36. The molecule has 0 spiro atoms. The first kappa shape index (κ1) is 13.9. The molecule has 0 atom stereocenters. The van der Waals surface area contributed by atoms with E-state index in [0.717, 1.165) is 46.1 Å². The zero-order valence-corrected chi connectivity index (χ0v) is 13.3. The zero-order valence-electron chi connectivity index (χ0n) is 10.9. The van der Waals surface area contributed by atoms with Crippen molar-refractivity contribution >= 4 is 27.3 Å². The van der Waals surface area contributed by atoms with Gasteiger partial charge in [0.2, 0.25) is 0 Å². The second kappa shape index (κ2) is 6.56. The van der Waals surface area contributed by atoms with E-state index in [1.165, 1.54) is 0 Å². The van der Waals surface area contributed by atoms with Crippen molar-refractivity contribution in [2.45, 2.75) is 19.5 Å². The van der Waals surface area contributed by atoms with Gasteiger partial charge < -0.3 is 14.8 Å². The Hall–Kier alpha value is -1.11. The third kappa shape index (κ3) is 3.31. The highest BCUT2D eigenvalue weighted by atomic mass is 79.9. The van der Waals surface area contributed by atoms with Gasteiger partial charge in [-0.2, -0.15) is 0 Å². The molecular weight excluding hydrogens is 340 g/mol. The first-order valence-corrected chi connectivity index (χ1v) is 8.17. The maximum atomic E-state index is 5.73. The Morgan fingerprint density at radius 3 is 3.00 bits per heavy atom. The Balaban J connectivity index is 1.67. The van der Waals surface area contributed by atoms with Crippen LogP contribution in [0.15, 0.2) is 28.2 Å². The van der Waals surface area contributed by atoms with Crippen molar-refractivity contribution in [3.8, 4) is 11.5 Å². The van der Waals surface area contributed by atoms with Crippen LogP contribution in [0.1, 0.15) is 17.0 Å². The molecule has 1 aromatic heterocycles. The largest absolute Gasteiger partial charge is 0.490 e. The Kier molecular flexibility index (Phi) is 4.54. The van der Waals surface area contributed by atoms with Gasteiger partial charge in [0, 0.05) is 31.1 Å². The molecule has 4 nitrogen and oxygen atoms in total. The molecule has 2 aromatic rings. The summed E-state index contributed by atoms with van der Waals surface area (Å²) < 4.78 is 12.4. The fourth-order valence-corrected chi connectivity index (χ4v) is 3.23. The van der Waals surface area contributed by atoms with Gasteiger partial charge in [0.05, 0.1) is 17.7 Å². The summed E-state index contributed by atoms with van der Waals surface area (Å²) in [7, 11) is 0. The highest BCUT2D eigenvalue weighted by molar-refractivity contribution is 9.10. The van der Waals surface area contributed by atoms with Gasteiger partial charge in [0.15, 0.2) is 11.5 Å². The molecule has 106 valence electrons. The van der Waals surface area contributed by atoms with Crippen molar-refractivity contribution in [1.29, 1.82) is 0 Å². The monoisotopic (exact) mass is 354 g/mol. The Morgan fingerprint density at radius 1 is 1.25 bits per heavy atom. The summed E-state index contributed by atoms with van der Waals surface area (Å²) in [4.78, 5) is 4.25. The summed E-state index contributed by atoms with van der Waals surface area (Å²) in [5.41, 5.74) is 1.16. The van der Waals surface area contributed by atoms with E-state index in [1.807, 2.05) is 17.6 Å². The molecule has 0 radical (unpaired) electrons. The van der Waals surface area contributed by atoms with Crippen LogP contribution in [0.4, 0.5) is 0 Å². The van der Waals surface area contributed by atoms with E-state index in [1.54, 1.807) is 11.3 Å². The molecule has 0 fully saturated rings. The van der Waals surface area contributed by atoms with Gasteiger partial charge in [-0.15, -0.1) is 11.3 Å². The maximum absolute atomic E-state index is 5.73. The van der Waals surface area contributed by atoms with Crippen molar-refractivity contribution in [2.75, 3.05) is 13.2 Å². The van der Waals surface area contributed by atoms with Gasteiger partial charge in [-0.25, -0.2) is 4.98 Å². The number of nitrogens with zero attached hydrogens (tertiary/aromatic N) is 1. The average molecular weight is 355 g/mol. The minimum absolute atomic E-state index is 0.702. The maximum Gasteiger partial charge on any atom is 0.175 e. The summed E-state index contributed by atoms with van der Waals surface area (Å²) in [5.74, 6) is 1.63. The molecule has 0 unspecified atom stereocenters. The molecule has 1 aromatic carbocycles. The lowest BCUT2D eigenvalue weighted by Gasteiger charge is -2.12. The van der Waals surface area contributed by atoms with Crippen LogP contribution < -0.4 is 14.8 Å². The van der Waals surface area contributed by atoms with Gasteiger partial charge in [-0.1, -0.05) is 0 Å². The van der Waals surface area contributed by atoms with Crippen LogP contribution in [-0.4, -0.2) is 18.2 Å². The zero-order chi connectivity index (χ0) is 13.8. The highest BCUT2D eigenvalue weighted by Crippen LogP contribution is 2.38. The topological polar surface area (TPSA) is 43.4 Å². The van der Waals surface area contributed by atoms with Crippen molar-refractivity contribution in [1.82, 2.24) is 10.3 Å². The fourth-order valence-electron chi connectivity index (χ4n) is 2.04. The molecule has 3 rings (SSSR count). The minimum atomic E-state index is 0.702. The molecular formula is C14H15BrN2O2S. The van der Waals surface area contributed by atoms with Gasteiger partial charge in [-0.3, -0.25) is 0 Å². The van der Waals surface area contributed by atoms with Gasteiger partial charge in [0.25, 0.3) is 0 Å². The number of halogens is 1. The molecule has 0 saturated heterocycles. The standard InChI is InChI=1S/C14H15BrN2O2S/c15-11-6-10(8-16-9-13-17-2-5-20-13)7-12-14(11)19-4-1-3-18-12/h2,5-7,16H,1,3-4,8-9H2. The van der Waals surface area contributed by atoms with Gasteiger partial charge in [0.1, 0.15) is 5.01 Å². The van der Waals surface area contributed by atoms with Crippen molar-refractivity contribution in [3.05, 3.63) is 38.8 Å². The number of rotatable bonds is 4. The molecule has 1 aliphatic rings. The number of nitrogens with one attached hydrogen (secondary N) is 1. The molecule has 0 amide bonds. The van der Waals surface area contributed by atoms with Crippen LogP contribution in [0.3, 0.4) is 0 Å². The molecule has 1 N–H and O–H groups in total. The summed E-state index contributed by atoms with van der Waals surface area (Å²) in [5, 5.41) is 6.47. The van der Waals surface area contributed by atoms with Gasteiger partial charge in [-0.05, 0) is 33.6 Å². The lowest BCUT2D eigenvalue weighted by Crippen LogP contribution is -2.12. The number of hydrogen-bond acceptors (Lipinski definition) is 5. The predicted molar refractivity (Wildman–Crippen MR) is 82.4 cm³/mol. The first-order chi connectivity index (χ1) is 9.83. The summed E-state index contributed by atoms with van der Waals surface area (Å²) >= 11 is 5.21. The number of thiazole rings is 1. The summed E-state index contributed by atoms with van der Waals surface area (Å²) in [6.07, 6.45) is 2.74. The molecule has 1 aliphatic heterocycles. The van der Waals surface area contributed by atoms with E-state index in [9.17, 15) is 0 Å². The van der Waals surface area contributed by atoms with Crippen molar-refractivity contribution in [2.24, 2.45) is 0 Å². The van der Waals surface area contributed by atoms with E-state index in [0.29, 0.717) is 13.2 Å². The fraction of sp³-hybridized carbons (Fsp3) is 0.357. The smallest absolute Gasteiger partial charge is 0.175 e. The molecule has 0 saturated carbocycles. The third-order valence-corrected chi connectivity index (χ3v) is 4.32. The summed E-state index contributed by atoms with van der Waals surface area (Å²) in [6.45, 7) is 2.96. The quantitative estimate of drug-likeness (QED) is 0.914. The van der Waals surface area contributed by atoms with Crippen molar-refractivity contribution in [3.63, 3.8) is 0 Å². The van der Waals surface area contributed by atoms with E-state index in [-0.39, 0.29) is 0 Å². The van der Waals surface area contributed by atoms with Crippen LogP contribution in [0.5, 0.6) is 11.5 Å². The van der Waals surface area contributed by atoms with Crippen LogP contribution in [0.25, 0.3) is 0 Å². The van der Waals surface area contributed by atoms with Gasteiger partial charge >= 0.3 is 0 Å². The Labute approximate surface area is 130 Å². The average Bonchev–Trinajstić information content (AvgIpc) is 2.83. The first-order valence-electron chi connectivity index (χ1n) is 6.50. The number of ether oxygens (including phenoxy) is 2. The number of hydrogen-bond donors (Lipinski definition) is 1. The number of aromatic nitrogens is 1. The Bertz CT molecular complexity index is 575. The minimum Gasteiger partial charge on any atom is -0.490 e. The second-order valence-corrected chi connectivity index (χ2v) is 6.32. The lowest BCUT2D eigenvalue weighted by molar-refractivity contribution is 0.296.